The number of rotatable bonds is 5. The minimum Gasteiger partial charge on any atom is -0.338 e. The van der Waals surface area contributed by atoms with Gasteiger partial charge in [-0.1, -0.05) is 0 Å². The van der Waals surface area contributed by atoms with Crippen molar-refractivity contribution in [3.8, 4) is 0 Å². The molecule has 4 heterocycles. The molecular weight excluding hydrogens is 330 g/mol. The maximum Gasteiger partial charge on any atom is 0.317 e. The first-order valence-electron chi connectivity index (χ1n) is 9.44. The van der Waals surface area contributed by atoms with Crippen LogP contribution in [0.25, 0.3) is 0 Å². The minimum atomic E-state index is 0.0752. The molecule has 1 fully saturated rings. The molecule has 0 spiro atoms. The molecule has 0 unspecified atom stereocenters. The number of likely N-dealkylation sites (tertiary alicyclic amines) is 1. The van der Waals surface area contributed by atoms with Crippen LogP contribution >= 0.6 is 0 Å². The third-order valence-corrected chi connectivity index (χ3v) is 5.26. The van der Waals surface area contributed by atoms with Crippen LogP contribution in [-0.4, -0.2) is 61.6 Å². The number of urea groups is 1. The van der Waals surface area contributed by atoms with E-state index in [-0.39, 0.29) is 12.1 Å². The highest BCUT2D eigenvalue weighted by molar-refractivity contribution is 5.74. The Morgan fingerprint density at radius 1 is 1.31 bits per heavy atom. The number of carbonyl (C=O) groups is 1. The Kier molecular flexibility index (Phi) is 4.92. The molecular formula is C18H27N7O. The number of hydrogen-bond donors (Lipinski definition) is 1. The van der Waals surface area contributed by atoms with E-state index >= 15 is 0 Å². The first-order chi connectivity index (χ1) is 12.7. The van der Waals surface area contributed by atoms with Crippen LogP contribution in [0.15, 0.2) is 24.7 Å². The summed E-state index contributed by atoms with van der Waals surface area (Å²) >= 11 is 0. The van der Waals surface area contributed by atoms with Crippen molar-refractivity contribution < 1.29 is 4.79 Å². The topological polar surface area (TPSA) is 71.2 Å². The van der Waals surface area contributed by atoms with Crippen molar-refractivity contribution in [3.05, 3.63) is 35.9 Å². The van der Waals surface area contributed by atoms with Gasteiger partial charge in [-0.3, -0.25) is 14.3 Å². The summed E-state index contributed by atoms with van der Waals surface area (Å²) in [5, 5.41) is 11.8. The first-order valence-corrected chi connectivity index (χ1v) is 9.44. The smallest absolute Gasteiger partial charge is 0.317 e. The molecule has 140 valence electrons. The number of fused-ring (bicyclic) bond motifs is 1. The number of nitrogens with one attached hydrogen (secondary N) is 1. The zero-order valence-electron chi connectivity index (χ0n) is 15.3. The third kappa shape index (κ3) is 3.75. The van der Waals surface area contributed by atoms with E-state index < -0.39 is 0 Å². The standard InChI is InChI=1S/C18H27N7O/c1-22-11-15(10-21-22)12-23-13-16(25-17(14-23)5-7-20-25)4-6-19-18(26)24-8-2-3-9-24/h5,7,10-11,16H,2-4,6,8-9,12-14H2,1H3,(H,19,26)/t16-/m0/s1. The van der Waals surface area contributed by atoms with Crippen molar-refractivity contribution in [3.63, 3.8) is 0 Å². The van der Waals surface area contributed by atoms with Crippen molar-refractivity contribution in [1.82, 2.24) is 34.7 Å². The van der Waals surface area contributed by atoms with E-state index in [1.165, 1.54) is 11.3 Å². The second kappa shape index (κ2) is 7.49. The van der Waals surface area contributed by atoms with Gasteiger partial charge < -0.3 is 10.2 Å². The largest absolute Gasteiger partial charge is 0.338 e. The Balaban J connectivity index is 1.34. The maximum absolute atomic E-state index is 12.2. The lowest BCUT2D eigenvalue weighted by Gasteiger charge is -2.33. The highest BCUT2D eigenvalue weighted by Crippen LogP contribution is 2.24. The fraction of sp³-hybridized carbons (Fsp3) is 0.611. The number of hydrogen-bond acceptors (Lipinski definition) is 4. The molecule has 2 aromatic rings. The molecule has 8 heteroatoms. The van der Waals surface area contributed by atoms with E-state index in [1.807, 2.05) is 29.0 Å². The van der Waals surface area contributed by atoms with Gasteiger partial charge in [-0.2, -0.15) is 10.2 Å². The minimum absolute atomic E-state index is 0.0752. The lowest BCUT2D eigenvalue weighted by atomic mass is 10.1. The summed E-state index contributed by atoms with van der Waals surface area (Å²) in [5.41, 5.74) is 2.46. The predicted octanol–water partition coefficient (Wildman–Crippen LogP) is 1.37. The van der Waals surface area contributed by atoms with Gasteiger partial charge in [-0.25, -0.2) is 4.79 Å². The molecule has 2 aromatic heterocycles. The number of nitrogens with zero attached hydrogens (tertiary/aromatic N) is 6. The molecule has 0 bridgehead atoms. The number of aromatic nitrogens is 4. The van der Waals surface area contributed by atoms with E-state index in [4.69, 9.17) is 0 Å². The van der Waals surface area contributed by atoms with E-state index in [2.05, 4.69) is 37.4 Å². The molecule has 1 N–H and O–H groups in total. The second-order valence-electron chi connectivity index (χ2n) is 7.33. The molecule has 2 aliphatic rings. The summed E-state index contributed by atoms with van der Waals surface area (Å²) in [6.45, 7) is 5.17. The van der Waals surface area contributed by atoms with Crippen LogP contribution in [-0.2, 0) is 20.1 Å². The van der Waals surface area contributed by atoms with Gasteiger partial charge in [0.1, 0.15) is 0 Å². The third-order valence-electron chi connectivity index (χ3n) is 5.26. The number of carbonyl (C=O) groups excluding carboxylic acids is 1. The van der Waals surface area contributed by atoms with E-state index in [9.17, 15) is 4.79 Å². The Morgan fingerprint density at radius 2 is 2.15 bits per heavy atom. The van der Waals surface area contributed by atoms with Crippen LogP contribution in [0.3, 0.4) is 0 Å². The lowest BCUT2D eigenvalue weighted by molar-refractivity contribution is 0.160. The summed E-state index contributed by atoms with van der Waals surface area (Å²) < 4.78 is 3.97. The molecule has 0 aromatic carbocycles. The Morgan fingerprint density at radius 3 is 2.92 bits per heavy atom. The molecule has 8 nitrogen and oxygen atoms in total. The molecule has 0 radical (unpaired) electrons. The lowest BCUT2D eigenvalue weighted by Crippen LogP contribution is -2.41. The Labute approximate surface area is 153 Å². The van der Waals surface area contributed by atoms with Gasteiger partial charge in [-0.15, -0.1) is 0 Å². The monoisotopic (exact) mass is 357 g/mol. The van der Waals surface area contributed by atoms with Crippen molar-refractivity contribution in [2.24, 2.45) is 7.05 Å². The molecule has 26 heavy (non-hydrogen) atoms. The highest BCUT2D eigenvalue weighted by Gasteiger charge is 2.26. The fourth-order valence-electron chi connectivity index (χ4n) is 3.99. The number of aryl methyl sites for hydroxylation is 1. The highest BCUT2D eigenvalue weighted by atomic mass is 16.2. The Bertz CT molecular complexity index is 746. The van der Waals surface area contributed by atoms with Crippen LogP contribution < -0.4 is 5.32 Å². The van der Waals surface area contributed by atoms with Crippen LogP contribution in [0.5, 0.6) is 0 Å². The maximum atomic E-state index is 12.2. The van der Waals surface area contributed by atoms with Gasteiger partial charge in [0.2, 0.25) is 0 Å². The van der Waals surface area contributed by atoms with E-state index in [0.717, 1.165) is 52.0 Å². The molecule has 1 atom stereocenters. The van der Waals surface area contributed by atoms with Gasteiger partial charge in [-0.05, 0) is 25.3 Å². The van der Waals surface area contributed by atoms with Gasteiger partial charge in [0, 0.05) is 64.3 Å². The molecule has 2 amide bonds. The van der Waals surface area contributed by atoms with Gasteiger partial charge in [0.15, 0.2) is 0 Å². The second-order valence-corrected chi connectivity index (χ2v) is 7.33. The van der Waals surface area contributed by atoms with E-state index in [0.29, 0.717) is 6.54 Å². The van der Waals surface area contributed by atoms with Crippen molar-refractivity contribution in [2.75, 3.05) is 26.2 Å². The average molecular weight is 357 g/mol. The van der Waals surface area contributed by atoms with Crippen molar-refractivity contribution >= 4 is 6.03 Å². The average Bonchev–Trinajstić information content (AvgIpc) is 3.36. The molecule has 2 aliphatic heterocycles. The molecule has 0 saturated carbocycles. The quantitative estimate of drug-likeness (QED) is 0.877. The zero-order chi connectivity index (χ0) is 17.9. The summed E-state index contributed by atoms with van der Waals surface area (Å²) in [6, 6.07) is 2.45. The summed E-state index contributed by atoms with van der Waals surface area (Å²) in [7, 11) is 1.95. The first kappa shape index (κ1) is 17.1. The summed E-state index contributed by atoms with van der Waals surface area (Å²) in [6.07, 6.45) is 9.00. The van der Waals surface area contributed by atoms with Crippen LogP contribution in [0.4, 0.5) is 4.79 Å². The SMILES string of the molecule is Cn1cc(CN2Cc3ccnn3[C@@H](CCNC(=O)N3CCCC3)C2)cn1. The van der Waals surface area contributed by atoms with Crippen LogP contribution in [0.2, 0.25) is 0 Å². The van der Waals surface area contributed by atoms with Gasteiger partial charge in [0.05, 0.1) is 17.9 Å². The fourth-order valence-corrected chi connectivity index (χ4v) is 3.99. The zero-order valence-corrected chi connectivity index (χ0v) is 15.3. The summed E-state index contributed by atoms with van der Waals surface area (Å²) in [4.78, 5) is 16.5. The van der Waals surface area contributed by atoms with E-state index in [1.54, 1.807) is 0 Å². The van der Waals surface area contributed by atoms with Crippen LogP contribution in [0, 0.1) is 0 Å². The van der Waals surface area contributed by atoms with Gasteiger partial charge in [0.25, 0.3) is 0 Å². The normalized spacial score (nSPS) is 20.3. The summed E-state index contributed by atoms with van der Waals surface area (Å²) in [5.74, 6) is 0. The van der Waals surface area contributed by atoms with Gasteiger partial charge >= 0.3 is 6.03 Å². The molecule has 0 aliphatic carbocycles. The number of amides is 2. The van der Waals surface area contributed by atoms with Crippen LogP contribution in [0.1, 0.15) is 36.6 Å². The van der Waals surface area contributed by atoms with Crippen molar-refractivity contribution in [2.45, 2.75) is 38.4 Å². The predicted molar refractivity (Wildman–Crippen MR) is 97.4 cm³/mol. The van der Waals surface area contributed by atoms with Crippen molar-refractivity contribution in [1.29, 1.82) is 0 Å². The molecule has 1 saturated heterocycles. The molecule has 4 rings (SSSR count). The Hall–Kier alpha value is -2.35.